The summed E-state index contributed by atoms with van der Waals surface area (Å²) in [5.74, 6) is -0.443. The van der Waals surface area contributed by atoms with E-state index in [9.17, 15) is 14.4 Å². The van der Waals surface area contributed by atoms with Crippen LogP contribution in [0.1, 0.15) is 26.2 Å². The van der Waals surface area contributed by atoms with Crippen molar-refractivity contribution >= 4 is 24.0 Å². The van der Waals surface area contributed by atoms with Crippen molar-refractivity contribution < 1.29 is 19.1 Å². The zero-order valence-electron chi connectivity index (χ0n) is 12.0. The molecule has 0 spiro atoms. The molecule has 1 unspecified atom stereocenters. The molecule has 1 atom stereocenters. The fourth-order valence-electron chi connectivity index (χ4n) is 1.90. The smallest absolute Gasteiger partial charge is 0.414 e. The number of rotatable bonds is 8. The average Bonchev–Trinajstić information content (AvgIpc) is 2.47. The van der Waals surface area contributed by atoms with E-state index in [2.05, 4.69) is 0 Å². The Bertz CT molecular complexity index is 476. The Labute approximate surface area is 123 Å². The lowest BCUT2D eigenvalue weighted by Gasteiger charge is -2.26. The highest BCUT2D eigenvalue weighted by atomic mass is 16.6. The Balaban J connectivity index is 2.90. The van der Waals surface area contributed by atoms with Crippen LogP contribution in [0.25, 0.3) is 0 Å². The molecule has 1 radical (unpaired) electrons. The van der Waals surface area contributed by atoms with Crippen molar-refractivity contribution in [2.45, 2.75) is 32.2 Å². The van der Waals surface area contributed by atoms with Gasteiger partial charge in [-0.25, -0.2) is 4.79 Å². The molecule has 0 fully saturated rings. The molecule has 0 aromatic heterocycles. The molecule has 1 aromatic rings. The van der Waals surface area contributed by atoms with Gasteiger partial charge in [0.2, 0.25) is 12.2 Å². The monoisotopic (exact) mass is 291 g/mol. The highest BCUT2D eigenvalue weighted by Gasteiger charge is 2.26. The van der Waals surface area contributed by atoms with Gasteiger partial charge >= 0.3 is 6.09 Å². The van der Waals surface area contributed by atoms with Crippen LogP contribution < -0.4 is 10.6 Å². The first kappa shape index (κ1) is 16.7. The molecule has 113 valence electrons. The van der Waals surface area contributed by atoms with Gasteiger partial charge < -0.3 is 10.5 Å². The van der Waals surface area contributed by atoms with Crippen LogP contribution >= 0.6 is 0 Å². The van der Waals surface area contributed by atoms with Crippen LogP contribution in [0, 0.1) is 0 Å². The van der Waals surface area contributed by atoms with Crippen LogP contribution in [0.3, 0.4) is 0 Å². The van der Waals surface area contributed by atoms with E-state index in [1.807, 2.05) is 6.29 Å². The molecule has 0 saturated heterocycles. The highest BCUT2D eigenvalue weighted by Crippen LogP contribution is 2.20. The normalized spacial score (nSPS) is 11.5. The number of amides is 2. The average molecular weight is 291 g/mol. The summed E-state index contributed by atoms with van der Waals surface area (Å²) in [5, 5.41) is 0. The van der Waals surface area contributed by atoms with Gasteiger partial charge in [-0.15, -0.1) is 0 Å². The van der Waals surface area contributed by atoms with E-state index in [0.717, 1.165) is 0 Å². The Morgan fingerprint density at radius 3 is 2.52 bits per heavy atom. The molecule has 6 nitrogen and oxygen atoms in total. The molecule has 0 aliphatic rings. The van der Waals surface area contributed by atoms with Gasteiger partial charge in [0, 0.05) is 12.1 Å². The molecule has 0 heterocycles. The summed E-state index contributed by atoms with van der Waals surface area (Å²) >= 11 is 0. The molecule has 0 aliphatic heterocycles. The molecule has 1 aromatic carbocycles. The van der Waals surface area contributed by atoms with Crippen molar-refractivity contribution in [2.75, 3.05) is 11.5 Å². The number of ether oxygens (including phenoxy) is 1. The number of primary amides is 1. The topological polar surface area (TPSA) is 89.7 Å². The summed E-state index contributed by atoms with van der Waals surface area (Å²) in [5.41, 5.74) is 5.62. The maximum atomic E-state index is 12.1. The Morgan fingerprint density at radius 2 is 2.00 bits per heavy atom. The molecule has 0 saturated carbocycles. The molecule has 2 N–H and O–H groups in total. The predicted molar refractivity (Wildman–Crippen MR) is 78.5 cm³/mol. The van der Waals surface area contributed by atoms with E-state index in [4.69, 9.17) is 10.5 Å². The van der Waals surface area contributed by atoms with Crippen molar-refractivity contribution in [1.82, 2.24) is 0 Å². The number of para-hydroxylation sites is 1. The predicted octanol–water partition coefficient (Wildman–Crippen LogP) is 1.78. The second-order valence-electron chi connectivity index (χ2n) is 4.40. The third kappa shape index (κ3) is 5.25. The summed E-state index contributed by atoms with van der Waals surface area (Å²) in [6.45, 7) is 1.89. The van der Waals surface area contributed by atoms with Crippen LogP contribution in [-0.4, -0.2) is 30.9 Å². The van der Waals surface area contributed by atoms with E-state index in [1.54, 1.807) is 37.3 Å². The number of hydrogen-bond donors (Lipinski definition) is 1. The lowest BCUT2D eigenvalue weighted by Crippen LogP contribution is -2.42. The third-order valence-corrected chi connectivity index (χ3v) is 2.85. The minimum absolute atomic E-state index is 0.156. The fraction of sp³-hybridized carbons (Fsp3) is 0.400. The first-order valence-electron chi connectivity index (χ1n) is 6.77. The maximum Gasteiger partial charge on any atom is 0.414 e. The van der Waals surface area contributed by atoms with Gasteiger partial charge in [-0.05, 0) is 31.9 Å². The second-order valence-corrected chi connectivity index (χ2v) is 4.40. The first-order chi connectivity index (χ1) is 10.1. The van der Waals surface area contributed by atoms with Crippen molar-refractivity contribution in [1.29, 1.82) is 0 Å². The number of benzene rings is 1. The molecule has 2 amide bonds. The van der Waals surface area contributed by atoms with Crippen molar-refractivity contribution in [3.8, 4) is 0 Å². The zero-order chi connectivity index (χ0) is 15.7. The molecular weight excluding hydrogens is 272 g/mol. The lowest BCUT2D eigenvalue weighted by molar-refractivity contribution is -0.118. The largest absolute Gasteiger partial charge is 0.449 e. The number of carbonyl (C=O) groups is 2. The van der Waals surface area contributed by atoms with Gasteiger partial charge in [0.15, 0.2) is 0 Å². The van der Waals surface area contributed by atoms with E-state index < -0.39 is 18.0 Å². The van der Waals surface area contributed by atoms with E-state index in [0.29, 0.717) is 18.5 Å². The van der Waals surface area contributed by atoms with Crippen LogP contribution in [0.15, 0.2) is 30.3 Å². The molecule has 0 aliphatic carbocycles. The summed E-state index contributed by atoms with van der Waals surface area (Å²) in [6.07, 6.45) is 2.07. The van der Waals surface area contributed by atoms with Crippen molar-refractivity contribution in [2.24, 2.45) is 5.73 Å². The molecular formula is C15H19N2O4. The number of hydrogen-bond acceptors (Lipinski definition) is 4. The number of nitrogens with two attached hydrogens (primary N) is 1. The fourth-order valence-corrected chi connectivity index (χ4v) is 1.90. The quantitative estimate of drug-likeness (QED) is 0.790. The van der Waals surface area contributed by atoms with Gasteiger partial charge in [0.05, 0.1) is 6.61 Å². The van der Waals surface area contributed by atoms with Gasteiger partial charge in [-0.2, -0.15) is 0 Å². The Morgan fingerprint density at radius 1 is 1.33 bits per heavy atom. The van der Waals surface area contributed by atoms with Gasteiger partial charge in [0.1, 0.15) is 6.04 Å². The lowest BCUT2D eigenvalue weighted by atomic mass is 10.1. The molecule has 21 heavy (non-hydrogen) atoms. The summed E-state index contributed by atoms with van der Waals surface area (Å²) in [7, 11) is 0. The first-order valence-corrected chi connectivity index (χ1v) is 6.77. The van der Waals surface area contributed by atoms with E-state index >= 15 is 0 Å². The third-order valence-electron chi connectivity index (χ3n) is 2.85. The molecule has 1 rings (SSSR count). The number of carbonyl (C=O) groups excluding carboxylic acids is 3. The van der Waals surface area contributed by atoms with Crippen molar-refractivity contribution in [3.05, 3.63) is 30.3 Å². The van der Waals surface area contributed by atoms with Crippen molar-refractivity contribution in [3.63, 3.8) is 0 Å². The van der Waals surface area contributed by atoms with E-state index in [-0.39, 0.29) is 13.0 Å². The Hall–Kier alpha value is -2.37. The minimum Gasteiger partial charge on any atom is -0.449 e. The maximum absolute atomic E-state index is 12.1. The van der Waals surface area contributed by atoms with Crippen LogP contribution in [0.4, 0.5) is 10.5 Å². The zero-order valence-corrected chi connectivity index (χ0v) is 12.0. The Kier molecular flexibility index (Phi) is 6.94. The minimum atomic E-state index is -0.814. The van der Waals surface area contributed by atoms with E-state index in [1.165, 1.54) is 4.90 Å². The standard InChI is InChI=1S/C15H19N2O4/c1-2-21-15(20)17(12-7-4-3-5-8-12)13(11-18)9-6-10-14(16)19/h3-5,7-8,13H,2,6,9-10H2,1H3,(H2,16,19). The summed E-state index contributed by atoms with van der Waals surface area (Å²) in [6, 6.07) is 7.91. The number of nitrogens with zero attached hydrogens (tertiary/aromatic N) is 1. The second kappa shape index (κ2) is 8.73. The summed E-state index contributed by atoms with van der Waals surface area (Å²) < 4.78 is 4.99. The van der Waals surface area contributed by atoms with Crippen LogP contribution in [-0.2, 0) is 14.3 Å². The summed E-state index contributed by atoms with van der Waals surface area (Å²) in [4.78, 5) is 35.3. The molecule has 0 bridgehead atoms. The van der Waals surface area contributed by atoms with Crippen LogP contribution in [0.2, 0.25) is 0 Å². The van der Waals surface area contributed by atoms with Crippen LogP contribution in [0.5, 0.6) is 0 Å². The SMILES string of the molecule is CCOC(=O)N(c1ccccc1)C([C]=O)CCCC(N)=O. The van der Waals surface area contributed by atoms with Gasteiger partial charge in [-0.3, -0.25) is 14.5 Å². The molecule has 6 heteroatoms. The van der Waals surface area contributed by atoms with Gasteiger partial charge in [0.25, 0.3) is 0 Å². The van der Waals surface area contributed by atoms with Gasteiger partial charge in [-0.1, -0.05) is 18.2 Å². The number of anilines is 1. The highest BCUT2D eigenvalue weighted by molar-refractivity contribution is 5.92.